The van der Waals surface area contributed by atoms with Gasteiger partial charge in [0.25, 0.3) is 10.1 Å². The molecule has 0 aliphatic carbocycles. The third-order valence-electron chi connectivity index (χ3n) is 3.41. The normalized spacial score (nSPS) is 17.8. The first kappa shape index (κ1) is 15.1. The van der Waals surface area contributed by atoms with Gasteiger partial charge in [-0.1, -0.05) is 23.8 Å². The molecule has 0 atom stereocenters. The molecule has 0 N–H and O–H groups in total. The van der Waals surface area contributed by atoms with E-state index in [1.807, 2.05) is 26.1 Å². The Morgan fingerprint density at radius 1 is 1.20 bits per heavy atom. The highest BCUT2D eigenvalue weighted by Gasteiger charge is 2.25. The van der Waals surface area contributed by atoms with Crippen molar-refractivity contribution in [3.8, 4) is 0 Å². The Bertz CT molecular complexity index is 555. The number of benzene rings is 1. The van der Waals surface area contributed by atoms with Crippen LogP contribution < -0.4 is 0 Å². The van der Waals surface area contributed by atoms with Crippen molar-refractivity contribution in [2.75, 3.05) is 13.1 Å². The first-order valence-corrected chi connectivity index (χ1v) is 8.29. The number of rotatable bonds is 4. The second-order valence-electron chi connectivity index (χ2n) is 5.08. The largest absolute Gasteiger partial charge is 0.377 e. The summed E-state index contributed by atoms with van der Waals surface area (Å²) in [5, 5.41) is 0. The molecule has 0 saturated carbocycles. The van der Waals surface area contributed by atoms with Crippen molar-refractivity contribution >= 4 is 10.1 Å². The number of nitrogens with zero attached hydrogens (tertiary/aromatic N) is 1. The zero-order valence-electron chi connectivity index (χ0n) is 12.0. The summed E-state index contributed by atoms with van der Waals surface area (Å²) >= 11 is 0. The standard InChI is InChI=1S/C15H21NO3S/c1-3-10-16-11-8-14(9-12-16)19-20(17,18)15-6-4-13(2)5-7-15/h3-7,10,14H,8-9,11-12H2,1-2H3. The van der Waals surface area contributed by atoms with Crippen LogP contribution in [0.4, 0.5) is 0 Å². The third-order valence-corrected chi connectivity index (χ3v) is 4.78. The molecule has 0 unspecified atom stereocenters. The molecule has 1 aliphatic rings. The molecule has 0 spiro atoms. The van der Waals surface area contributed by atoms with E-state index in [4.69, 9.17) is 4.18 Å². The van der Waals surface area contributed by atoms with Crippen molar-refractivity contribution in [1.82, 2.24) is 4.90 Å². The van der Waals surface area contributed by atoms with Gasteiger partial charge in [0.2, 0.25) is 0 Å². The Morgan fingerprint density at radius 3 is 2.35 bits per heavy atom. The van der Waals surface area contributed by atoms with Crippen LogP contribution in [0.15, 0.2) is 41.4 Å². The maximum absolute atomic E-state index is 12.2. The smallest absolute Gasteiger partial charge is 0.297 e. The Hall–Kier alpha value is -1.33. The van der Waals surface area contributed by atoms with Gasteiger partial charge in [0.05, 0.1) is 11.0 Å². The first-order chi connectivity index (χ1) is 9.51. The highest BCUT2D eigenvalue weighted by molar-refractivity contribution is 7.86. The molecule has 0 bridgehead atoms. The van der Waals surface area contributed by atoms with Gasteiger partial charge in [0.15, 0.2) is 0 Å². The number of hydrogen-bond donors (Lipinski definition) is 0. The highest BCUT2D eigenvalue weighted by atomic mass is 32.2. The van der Waals surface area contributed by atoms with E-state index in [-0.39, 0.29) is 11.0 Å². The monoisotopic (exact) mass is 295 g/mol. The molecule has 110 valence electrons. The van der Waals surface area contributed by atoms with E-state index in [0.717, 1.165) is 31.5 Å². The summed E-state index contributed by atoms with van der Waals surface area (Å²) in [6.07, 6.45) is 5.27. The van der Waals surface area contributed by atoms with E-state index in [1.165, 1.54) is 0 Å². The average molecular weight is 295 g/mol. The Kier molecular flexibility index (Phi) is 4.83. The number of hydrogen-bond acceptors (Lipinski definition) is 4. The number of likely N-dealkylation sites (tertiary alicyclic amines) is 1. The number of allylic oxidation sites excluding steroid dienone is 1. The first-order valence-electron chi connectivity index (χ1n) is 6.88. The summed E-state index contributed by atoms with van der Waals surface area (Å²) in [5.74, 6) is 0. The van der Waals surface area contributed by atoms with Crippen molar-refractivity contribution in [3.05, 3.63) is 42.1 Å². The number of aryl methyl sites for hydroxylation is 1. The summed E-state index contributed by atoms with van der Waals surface area (Å²) < 4.78 is 29.7. The van der Waals surface area contributed by atoms with E-state index in [9.17, 15) is 8.42 Å². The van der Waals surface area contributed by atoms with Crippen LogP contribution in [0.1, 0.15) is 25.3 Å². The predicted octanol–water partition coefficient (Wildman–Crippen LogP) is 2.70. The van der Waals surface area contributed by atoms with Crippen LogP contribution >= 0.6 is 0 Å². The lowest BCUT2D eigenvalue weighted by molar-refractivity contribution is 0.129. The molecular weight excluding hydrogens is 274 g/mol. The maximum atomic E-state index is 12.2. The molecule has 1 aromatic rings. The molecule has 0 aromatic heterocycles. The van der Waals surface area contributed by atoms with Crippen molar-refractivity contribution in [1.29, 1.82) is 0 Å². The van der Waals surface area contributed by atoms with Crippen molar-refractivity contribution in [2.45, 2.75) is 37.7 Å². The van der Waals surface area contributed by atoms with E-state index < -0.39 is 10.1 Å². The van der Waals surface area contributed by atoms with E-state index >= 15 is 0 Å². The van der Waals surface area contributed by atoms with Gasteiger partial charge in [0, 0.05) is 13.1 Å². The average Bonchev–Trinajstić information content (AvgIpc) is 2.41. The molecule has 1 fully saturated rings. The topological polar surface area (TPSA) is 46.6 Å². The molecule has 20 heavy (non-hydrogen) atoms. The summed E-state index contributed by atoms with van der Waals surface area (Å²) in [7, 11) is -3.64. The lowest BCUT2D eigenvalue weighted by atomic mass is 10.1. The Morgan fingerprint density at radius 2 is 1.80 bits per heavy atom. The van der Waals surface area contributed by atoms with Crippen LogP contribution in [0.2, 0.25) is 0 Å². The second-order valence-corrected chi connectivity index (χ2v) is 6.65. The molecule has 1 heterocycles. The van der Waals surface area contributed by atoms with Gasteiger partial charge in [-0.25, -0.2) is 0 Å². The van der Waals surface area contributed by atoms with Crippen molar-refractivity contribution in [3.63, 3.8) is 0 Å². The van der Waals surface area contributed by atoms with Crippen molar-refractivity contribution < 1.29 is 12.6 Å². The minimum absolute atomic E-state index is 0.220. The van der Waals surface area contributed by atoms with Crippen LogP contribution in [0.5, 0.6) is 0 Å². The van der Waals surface area contributed by atoms with Gasteiger partial charge in [-0.3, -0.25) is 4.18 Å². The van der Waals surface area contributed by atoms with E-state index in [0.29, 0.717) is 0 Å². The Labute approximate surface area is 121 Å². The summed E-state index contributed by atoms with van der Waals surface area (Å²) in [6, 6.07) is 6.76. The van der Waals surface area contributed by atoms with Gasteiger partial charge in [-0.2, -0.15) is 8.42 Å². The summed E-state index contributed by atoms with van der Waals surface area (Å²) in [4.78, 5) is 2.41. The SMILES string of the molecule is CC=CN1CCC(OS(=O)(=O)c2ccc(C)cc2)CC1. The van der Waals surface area contributed by atoms with Crippen LogP contribution in [0, 0.1) is 6.92 Å². The quantitative estimate of drug-likeness (QED) is 0.801. The van der Waals surface area contributed by atoms with Gasteiger partial charge in [-0.15, -0.1) is 0 Å². The lowest BCUT2D eigenvalue weighted by Gasteiger charge is -2.30. The summed E-state index contributed by atoms with van der Waals surface area (Å²) in [6.45, 7) is 5.56. The van der Waals surface area contributed by atoms with Crippen LogP contribution in [0.25, 0.3) is 0 Å². The number of piperidine rings is 1. The molecular formula is C15H21NO3S. The molecule has 0 amide bonds. The van der Waals surface area contributed by atoms with Gasteiger partial charge in [-0.05, 0) is 45.0 Å². The molecule has 4 nitrogen and oxygen atoms in total. The molecule has 5 heteroatoms. The molecule has 1 aliphatic heterocycles. The van der Waals surface area contributed by atoms with Crippen LogP contribution in [-0.2, 0) is 14.3 Å². The molecule has 0 radical (unpaired) electrons. The van der Waals surface area contributed by atoms with Gasteiger partial charge < -0.3 is 4.90 Å². The van der Waals surface area contributed by atoms with Gasteiger partial charge >= 0.3 is 0 Å². The summed E-state index contributed by atoms with van der Waals surface area (Å²) in [5.41, 5.74) is 1.03. The fourth-order valence-corrected chi connectivity index (χ4v) is 3.40. The van der Waals surface area contributed by atoms with Crippen LogP contribution in [-0.4, -0.2) is 32.5 Å². The van der Waals surface area contributed by atoms with E-state index in [1.54, 1.807) is 24.3 Å². The molecule has 1 aromatic carbocycles. The van der Waals surface area contributed by atoms with Crippen LogP contribution in [0.3, 0.4) is 0 Å². The lowest BCUT2D eigenvalue weighted by Crippen LogP contribution is -2.34. The second kappa shape index (κ2) is 6.41. The minimum Gasteiger partial charge on any atom is -0.377 e. The molecule has 2 rings (SSSR count). The highest BCUT2D eigenvalue weighted by Crippen LogP contribution is 2.21. The zero-order chi connectivity index (χ0) is 14.6. The third kappa shape index (κ3) is 3.84. The maximum Gasteiger partial charge on any atom is 0.297 e. The predicted molar refractivity (Wildman–Crippen MR) is 78.9 cm³/mol. The van der Waals surface area contributed by atoms with E-state index in [2.05, 4.69) is 4.90 Å². The zero-order valence-corrected chi connectivity index (χ0v) is 12.8. The van der Waals surface area contributed by atoms with Crippen molar-refractivity contribution in [2.24, 2.45) is 0 Å². The fourth-order valence-electron chi connectivity index (χ4n) is 2.27. The molecule has 1 saturated heterocycles. The minimum atomic E-state index is -3.64. The fraction of sp³-hybridized carbons (Fsp3) is 0.467. The Balaban J connectivity index is 1.98. The van der Waals surface area contributed by atoms with Gasteiger partial charge in [0.1, 0.15) is 0 Å².